The maximum atomic E-state index is 12.0. The molecule has 2 rings (SSSR count). The number of ether oxygens (including phenoxy) is 2. The van der Waals surface area contributed by atoms with E-state index < -0.39 is 24.5 Å². The smallest absolute Gasteiger partial charge is 0.338 e. The van der Waals surface area contributed by atoms with Crippen molar-refractivity contribution in [2.45, 2.75) is 0 Å². The molecule has 28 heavy (non-hydrogen) atoms. The van der Waals surface area contributed by atoms with Gasteiger partial charge in [0.15, 0.2) is 6.61 Å². The molecule has 0 aromatic heterocycles. The zero-order chi connectivity index (χ0) is 20.7. The van der Waals surface area contributed by atoms with Crippen molar-refractivity contribution < 1.29 is 28.7 Å². The number of anilines is 1. The third-order valence-corrected chi connectivity index (χ3v) is 3.70. The lowest BCUT2D eigenvalue weighted by Crippen LogP contribution is -2.22. The summed E-state index contributed by atoms with van der Waals surface area (Å²) in [6, 6.07) is 12.0. The normalized spacial score (nSPS) is 9.96. The average Bonchev–Trinajstić information content (AvgIpc) is 2.71. The van der Waals surface area contributed by atoms with Crippen molar-refractivity contribution in [3.8, 4) is 0 Å². The summed E-state index contributed by atoms with van der Waals surface area (Å²) in [7, 11) is 4.56. The van der Waals surface area contributed by atoms with Gasteiger partial charge in [-0.2, -0.15) is 0 Å². The molecule has 0 spiro atoms. The summed E-state index contributed by atoms with van der Waals surface area (Å²) in [4.78, 5) is 48.5. The van der Waals surface area contributed by atoms with E-state index in [1.54, 1.807) is 38.4 Å². The Hall–Kier alpha value is -3.68. The Morgan fingerprint density at radius 2 is 1.32 bits per heavy atom. The zero-order valence-electron chi connectivity index (χ0n) is 15.7. The molecule has 0 fully saturated rings. The Balaban J connectivity index is 1.87. The molecule has 0 radical (unpaired) electrons. The van der Waals surface area contributed by atoms with Crippen molar-refractivity contribution in [1.29, 1.82) is 0 Å². The molecule has 0 bridgehead atoms. The zero-order valence-corrected chi connectivity index (χ0v) is 15.7. The molecule has 0 aliphatic heterocycles. The van der Waals surface area contributed by atoms with Crippen LogP contribution in [0.15, 0.2) is 48.5 Å². The van der Waals surface area contributed by atoms with E-state index in [0.29, 0.717) is 16.8 Å². The van der Waals surface area contributed by atoms with Crippen LogP contribution in [-0.4, -0.2) is 56.5 Å². The molecule has 8 nitrogen and oxygen atoms in total. The highest BCUT2D eigenvalue weighted by atomic mass is 16.5. The number of methoxy groups -OCH3 is 1. The lowest BCUT2D eigenvalue weighted by Gasteiger charge is -2.11. The molecule has 0 aliphatic carbocycles. The summed E-state index contributed by atoms with van der Waals surface area (Å²) < 4.78 is 9.53. The van der Waals surface area contributed by atoms with Crippen molar-refractivity contribution in [3.05, 3.63) is 65.2 Å². The summed E-state index contributed by atoms with van der Waals surface area (Å²) in [5, 5.41) is 2.57. The Morgan fingerprint density at radius 3 is 1.82 bits per heavy atom. The van der Waals surface area contributed by atoms with Gasteiger partial charge in [0.1, 0.15) is 0 Å². The van der Waals surface area contributed by atoms with Gasteiger partial charge in [0.25, 0.3) is 11.8 Å². The van der Waals surface area contributed by atoms with Crippen molar-refractivity contribution in [3.63, 3.8) is 0 Å². The number of hydrogen-bond acceptors (Lipinski definition) is 6. The standard InChI is InChI=1S/C20H20N2O6/c1-22(2)18(24)13-8-10-16(11-9-13)21-17(23)12-28-20(26)15-6-4-14(5-7-15)19(25)27-3/h4-11H,12H2,1-3H3,(H,21,23). The number of benzene rings is 2. The predicted octanol–water partition coefficient (Wildman–Crippen LogP) is 1.97. The number of esters is 2. The van der Waals surface area contributed by atoms with Gasteiger partial charge >= 0.3 is 11.9 Å². The summed E-state index contributed by atoms with van der Waals surface area (Å²) in [5.41, 5.74) is 1.46. The molecule has 0 aliphatic rings. The fourth-order valence-corrected chi connectivity index (χ4v) is 2.23. The fraction of sp³-hybridized carbons (Fsp3) is 0.200. The molecular weight excluding hydrogens is 364 g/mol. The van der Waals surface area contributed by atoms with E-state index in [1.165, 1.54) is 36.3 Å². The van der Waals surface area contributed by atoms with E-state index in [0.717, 1.165) is 0 Å². The minimum absolute atomic E-state index is 0.148. The fourth-order valence-electron chi connectivity index (χ4n) is 2.23. The van der Waals surface area contributed by atoms with Gasteiger partial charge in [0, 0.05) is 25.3 Å². The molecule has 0 saturated heterocycles. The number of rotatable bonds is 6. The molecule has 2 aromatic rings. The largest absolute Gasteiger partial charge is 0.465 e. The first-order chi connectivity index (χ1) is 13.3. The van der Waals surface area contributed by atoms with Gasteiger partial charge < -0.3 is 19.7 Å². The number of carbonyl (C=O) groups excluding carboxylic acids is 4. The number of nitrogens with one attached hydrogen (secondary N) is 1. The van der Waals surface area contributed by atoms with Crippen LogP contribution in [0.5, 0.6) is 0 Å². The van der Waals surface area contributed by atoms with E-state index in [1.807, 2.05) is 0 Å². The van der Waals surface area contributed by atoms with Crippen LogP contribution < -0.4 is 5.32 Å². The van der Waals surface area contributed by atoms with Gasteiger partial charge in [-0.1, -0.05) is 0 Å². The van der Waals surface area contributed by atoms with E-state index in [-0.39, 0.29) is 11.5 Å². The minimum Gasteiger partial charge on any atom is -0.465 e. The third kappa shape index (κ3) is 5.41. The quantitative estimate of drug-likeness (QED) is 0.764. The molecule has 0 saturated carbocycles. The van der Waals surface area contributed by atoms with Crippen LogP contribution in [0, 0.1) is 0 Å². The molecule has 8 heteroatoms. The first-order valence-electron chi connectivity index (χ1n) is 8.29. The number of nitrogens with zero attached hydrogens (tertiary/aromatic N) is 1. The van der Waals surface area contributed by atoms with Crippen LogP contribution in [0.2, 0.25) is 0 Å². The summed E-state index contributed by atoms with van der Waals surface area (Å²) in [6.07, 6.45) is 0. The van der Waals surface area contributed by atoms with Gasteiger partial charge in [0.2, 0.25) is 0 Å². The highest BCUT2D eigenvalue weighted by Gasteiger charge is 2.13. The summed E-state index contributed by atoms with van der Waals surface area (Å²) in [6.45, 7) is -0.476. The summed E-state index contributed by atoms with van der Waals surface area (Å²) >= 11 is 0. The highest BCUT2D eigenvalue weighted by molar-refractivity contribution is 5.97. The first-order valence-corrected chi connectivity index (χ1v) is 8.29. The Kier molecular flexibility index (Phi) is 6.86. The monoisotopic (exact) mass is 384 g/mol. The maximum absolute atomic E-state index is 12.0. The van der Waals surface area contributed by atoms with Crippen molar-refractivity contribution >= 4 is 29.4 Å². The molecular formula is C20H20N2O6. The Labute approximate surface area is 162 Å². The SMILES string of the molecule is COC(=O)c1ccc(C(=O)OCC(=O)Nc2ccc(C(=O)N(C)C)cc2)cc1. The van der Waals surface area contributed by atoms with Crippen molar-refractivity contribution in [1.82, 2.24) is 4.90 Å². The van der Waals surface area contributed by atoms with E-state index in [2.05, 4.69) is 10.1 Å². The van der Waals surface area contributed by atoms with Crippen molar-refractivity contribution in [2.75, 3.05) is 33.1 Å². The molecule has 0 heterocycles. The van der Waals surface area contributed by atoms with Gasteiger partial charge in [0.05, 0.1) is 18.2 Å². The molecule has 2 aromatic carbocycles. The number of carbonyl (C=O) groups is 4. The van der Waals surface area contributed by atoms with Crippen LogP contribution >= 0.6 is 0 Å². The van der Waals surface area contributed by atoms with Crippen molar-refractivity contribution in [2.24, 2.45) is 0 Å². The second-order valence-electron chi connectivity index (χ2n) is 5.97. The van der Waals surface area contributed by atoms with Gasteiger partial charge in [-0.3, -0.25) is 9.59 Å². The molecule has 2 amide bonds. The van der Waals surface area contributed by atoms with E-state index >= 15 is 0 Å². The van der Waals surface area contributed by atoms with E-state index in [4.69, 9.17) is 4.74 Å². The van der Waals surface area contributed by atoms with Crippen LogP contribution in [0.25, 0.3) is 0 Å². The van der Waals surface area contributed by atoms with Crippen LogP contribution in [0.1, 0.15) is 31.1 Å². The second kappa shape index (κ2) is 9.31. The lowest BCUT2D eigenvalue weighted by atomic mass is 10.1. The average molecular weight is 384 g/mol. The van der Waals surface area contributed by atoms with Crippen LogP contribution in [0.3, 0.4) is 0 Å². The van der Waals surface area contributed by atoms with Gasteiger partial charge in [-0.05, 0) is 48.5 Å². The minimum atomic E-state index is -0.696. The topological polar surface area (TPSA) is 102 Å². The Bertz CT molecular complexity index is 873. The third-order valence-electron chi connectivity index (χ3n) is 3.70. The number of hydrogen-bond donors (Lipinski definition) is 1. The maximum Gasteiger partial charge on any atom is 0.338 e. The van der Waals surface area contributed by atoms with Crippen LogP contribution in [-0.2, 0) is 14.3 Å². The predicted molar refractivity (Wildman–Crippen MR) is 101 cm³/mol. The molecule has 0 unspecified atom stereocenters. The molecule has 146 valence electrons. The van der Waals surface area contributed by atoms with Crippen LogP contribution in [0.4, 0.5) is 5.69 Å². The van der Waals surface area contributed by atoms with Gasteiger partial charge in [-0.25, -0.2) is 9.59 Å². The first kappa shape index (κ1) is 20.6. The summed E-state index contributed by atoms with van der Waals surface area (Å²) in [5.74, 6) is -1.88. The Morgan fingerprint density at radius 1 is 0.821 bits per heavy atom. The highest BCUT2D eigenvalue weighted by Crippen LogP contribution is 2.11. The second-order valence-corrected chi connectivity index (χ2v) is 5.97. The number of amides is 2. The van der Waals surface area contributed by atoms with E-state index in [9.17, 15) is 19.2 Å². The van der Waals surface area contributed by atoms with Gasteiger partial charge in [-0.15, -0.1) is 0 Å². The lowest BCUT2D eigenvalue weighted by molar-refractivity contribution is -0.119. The molecule has 0 atom stereocenters. The molecule has 1 N–H and O–H groups in total.